The van der Waals surface area contributed by atoms with E-state index in [4.69, 9.17) is 4.74 Å². The Morgan fingerprint density at radius 2 is 2.05 bits per heavy atom. The van der Waals surface area contributed by atoms with Crippen LogP contribution in [0.3, 0.4) is 0 Å². The van der Waals surface area contributed by atoms with Crippen LogP contribution < -0.4 is 10.1 Å². The Hall–Kier alpha value is -1.46. The van der Waals surface area contributed by atoms with Gasteiger partial charge in [0, 0.05) is 10.3 Å². The topological polar surface area (TPSA) is 21.3 Å². The van der Waals surface area contributed by atoms with Crippen LogP contribution in [0, 0.1) is 11.6 Å². The summed E-state index contributed by atoms with van der Waals surface area (Å²) in [6.45, 7) is 2.86. The third-order valence-electron chi connectivity index (χ3n) is 2.99. The third-order valence-corrected chi connectivity index (χ3v) is 3.97. The van der Waals surface area contributed by atoms with Gasteiger partial charge in [0.2, 0.25) is 0 Å². The van der Waals surface area contributed by atoms with Crippen LogP contribution in [-0.2, 0) is 0 Å². The first kappa shape index (κ1) is 14.9. The van der Waals surface area contributed by atoms with Gasteiger partial charge in [0.25, 0.3) is 0 Å². The van der Waals surface area contributed by atoms with E-state index < -0.39 is 11.6 Å². The Bertz CT molecular complexity index is 571. The fourth-order valence-corrected chi connectivity index (χ4v) is 2.91. The minimum atomic E-state index is -0.827. The third kappa shape index (κ3) is 3.35. The number of ether oxygens (including phenoxy) is 1. The molecule has 0 aliphatic rings. The van der Waals surface area contributed by atoms with Crippen LogP contribution in [0.4, 0.5) is 8.78 Å². The maximum atomic E-state index is 13.4. The zero-order valence-corrected chi connectivity index (χ0v) is 12.3. The SMILES string of the molecule is CCCNC(c1ccc(F)c(F)c1)c1cc(OC)cs1. The highest BCUT2D eigenvalue weighted by Gasteiger charge is 2.17. The van der Waals surface area contributed by atoms with E-state index in [9.17, 15) is 8.78 Å². The van der Waals surface area contributed by atoms with Crippen LogP contribution in [0.2, 0.25) is 0 Å². The van der Waals surface area contributed by atoms with Crippen molar-refractivity contribution < 1.29 is 13.5 Å². The molecule has 1 aromatic heterocycles. The van der Waals surface area contributed by atoms with E-state index in [1.54, 1.807) is 13.2 Å². The van der Waals surface area contributed by atoms with E-state index in [1.807, 2.05) is 11.4 Å². The van der Waals surface area contributed by atoms with E-state index in [0.29, 0.717) is 5.56 Å². The maximum absolute atomic E-state index is 13.4. The average Bonchev–Trinajstić information content (AvgIpc) is 2.92. The van der Waals surface area contributed by atoms with E-state index in [1.165, 1.54) is 17.4 Å². The molecular formula is C15H17F2NOS. The van der Waals surface area contributed by atoms with Gasteiger partial charge in [0.05, 0.1) is 13.2 Å². The van der Waals surface area contributed by atoms with E-state index in [-0.39, 0.29) is 6.04 Å². The molecule has 0 fully saturated rings. The van der Waals surface area contributed by atoms with E-state index in [2.05, 4.69) is 12.2 Å². The normalized spacial score (nSPS) is 12.4. The Kier molecular flexibility index (Phi) is 5.09. The molecule has 1 N–H and O–H groups in total. The molecule has 108 valence electrons. The van der Waals surface area contributed by atoms with Gasteiger partial charge in [0.15, 0.2) is 11.6 Å². The number of hydrogen-bond acceptors (Lipinski definition) is 3. The van der Waals surface area contributed by atoms with Crippen molar-refractivity contribution in [2.24, 2.45) is 0 Å². The number of rotatable bonds is 6. The van der Waals surface area contributed by atoms with Crippen LogP contribution in [0.15, 0.2) is 29.6 Å². The molecular weight excluding hydrogens is 280 g/mol. The van der Waals surface area contributed by atoms with E-state index in [0.717, 1.165) is 29.7 Å². The number of benzene rings is 1. The Labute approximate surface area is 121 Å². The van der Waals surface area contributed by atoms with Crippen LogP contribution in [0.25, 0.3) is 0 Å². The monoisotopic (exact) mass is 297 g/mol. The summed E-state index contributed by atoms with van der Waals surface area (Å²) in [5.41, 5.74) is 0.710. The van der Waals surface area contributed by atoms with Gasteiger partial charge < -0.3 is 10.1 Å². The Balaban J connectivity index is 2.32. The average molecular weight is 297 g/mol. The second-order valence-electron chi connectivity index (χ2n) is 4.45. The molecule has 0 aliphatic heterocycles. The van der Waals surface area contributed by atoms with Crippen molar-refractivity contribution in [3.8, 4) is 5.75 Å². The van der Waals surface area contributed by atoms with Crippen molar-refractivity contribution in [2.75, 3.05) is 13.7 Å². The fraction of sp³-hybridized carbons (Fsp3) is 0.333. The molecule has 0 saturated heterocycles. The smallest absolute Gasteiger partial charge is 0.159 e. The molecule has 20 heavy (non-hydrogen) atoms. The van der Waals surface area contributed by atoms with Gasteiger partial charge in [-0.15, -0.1) is 11.3 Å². The molecule has 0 amide bonds. The molecule has 2 rings (SSSR count). The lowest BCUT2D eigenvalue weighted by molar-refractivity contribution is 0.416. The van der Waals surface area contributed by atoms with Gasteiger partial charge in [0.1, 0.15) is 5.75 Å². The lowest BCUT2D eigenvalue weighted by Crippen LogP contribution is -2.22. The van der Waals surface area contributed by atoms with Gasteiger partial charge in [-0.25, -0.2) is 8.78 Å². The Morgan fingerprint density at radius 3 is 2.65 bits per heavy atom. The quantitative estimate of drug-likeness (QED) is 0.866. The molecule has 1 unspecified atom stereocenters. The lowest BCUT2D eigenvalue weighted by atomic mass is 10.0. The molecule has 1 atom stereocenters. The molecule has 0 saturated carbocycles. The van der Waals surface area contributed by atoms with Crippen molar-refractivity contribution in [2.45, 2.75) is 19.4 Å². The molecule has 2 nitrogen and oxygen atoms in total. The van der Waals surface area contributed by atoms with Crippen LogP contribution in [0.1, 0.15) is 29.8 Å². The van der Waals surface area contributed by atoms with Gasteiger partial charge in [-0.2, -0.15) is 0 Å². The van der Waals surface area contributed by atoms with Crippen molar-refractivity contribution in [1.29, 1.82) is 0 Å². The summed E-state index contributed by atoms with van der Waals surface area (Å²) >= 11 is 1.53. The van der Waals surface area contributed by atoms with Crippen LogP contribution in [0.5, 0.6) is 5.75 Å². The highest BCUT2D eigenvalue weighted by atomic mass is 32.1. The number of hydrogen-bond donors (Lipinski definition) is 1. The zero-order valence-electron chi connectivity index (χ0n) is 11.5. The van der Waals surface area contributed by atoms with Gasteiger partial charge in [-0.1, -0.05) is 13.0 Å². The highest BCUT2D eigenvalue weighted by Crippen LogP contribution is 2.31. The van der Waals surface area contributed by atoms with E-state index >= 15 is 0 Å². The summed E-state index contributed by atoms with van der Waals surface area (Å²) in [5, 5.41) is 5.25. The second-order valence-corrected chi connectivity index (χ2v) is 5.39. The lowest BCUT2D eigenvalue weighted by Gasteiger charge is -2.17. The Morgan fingerprint density at radius 1 is 1.25 bits per heavy atom. The molecule has 0 aliphatic carbocycles. The minimum Gasteiger partial charge on any atom is -0.496 e. The van der Waals surface area contributed by atoms with Gasteiger partial charge in [-0.3, -0.25) is 0 Å². The summed E-state index contributed by atoms with van der Waals surface area (Å²) in [4.78, 5) is 1.02. The van der Waals surface area contributed by atoms with Gasteiger partial charge in [-0.05, 0) is 36.7 Å². The highest BCUT2D eigenvalue weighted by molar-refractivity contribution is 7.10. The summed E-state index contributed by atoms with van der Waals surface area (Å²) < 4.78 is 31.7. The van der Waals surface area contributed by atoms with Crippen molar-refractivity contribution in [3.05, 3.63) is 51.7 Å². The standard InChI is InChI=1S/C15H17F2NOS/c1-3-6-18-15(14-8-11(19-2)9-20-14)10-4-5-12(16)13(17)7-10/h4-5,7-9,15,18H,3,6H2,1-2H3. The predicted octanol–water partition coefficient (Wildman–Crippen LogP) is 4.12. The number of methoxy groups -OCH3 is 1. The largest absolute Gasteiger partial charge is 0.496 e. The maximum Gasteiger partial charge on any atom is 0.159 e. The molecule has 1 heterocycles. The van der Waals surface area contributed by atoms with Crippen molar-refractivity contribution in [3.63, 3.8) is 0 Å². The van der Waals surface area contributed by atoms with Crippen LogP contribution in [-0.4, -0.2) is 13.7 Å². The summed E-state index contributed by atoms with van der Waals surface area (Å²) in [6, 6.07) is 5.78. The first-order valence-electron chi connectivity index (χ1n) is 6.46. The predicted molar refractivity (Wildman–Crippen MR) is 77.4 cm³/mol. The van der Waals surface area contributed by atoms with Crippen molar-refractivity contribution >= 4 is 11.3 Å². The fourth-order valence-electron chi connectivity index (χ4n) is 1.96. The number of nitrogens with one attached hydrogen (secondary N) is 1. The van der Waals surface area contributed by atoms with Crippen molar-refractivity contribution in [1.82, 2.24) is 5.32 Å². The first-order valence-corrected chi connectivity index (χ1v) is 7.34. The molecule has 0 radical (unpaired) electrons. The van der Waals surface area contributed by atoms with Gasteiger partial charge >= 0.3 is 0 Å². The zero-order chi connectivity index (χ0) is 14.5. The molecule has 0 bridgehead atoms. The molecule has 0 spiro atoms. The molecule has 5 heteroatoms. The first-order chi connectivity index (χ1) is 9.65. The minimum absolute atomic E-state index is 0.154. The summed E-state index contributed by atoms with van der Waals surface area (Å²) in [5.74, 6) is -0.878. The molecule has 2 aromatic rings. The number of halogens is 2. The summed E-state index contributed by atoms with van der Waals surface area (Å²) in [6.07, 6.45) is 0.961. The number of thiophene rings is 1. The summed E-state index contributed by atoms with van der Waals surface area (Å²) in [7, 11) is 1.61. The molecule has 1 aromatic carbocycles. The second kappa shape index (κ2) is 6.81. The van der Waals surface area contributed by atoms with Crippen LogP contribution >= 0.6 is 11.3 Å².